The van der Waals surface area contributed by atoms with Crippen LogP contribution in [0.3, 0.4) is 0 Å². The van der Waals surface area contributed by atoms with Crippen LogP contribution in [-0.4, -0.2) is 30.0 Å². The summed E-state index contributed by atoms with van der Waals surface area (Å²) in [6, 6.07) is 21.7. The van der Waals surface area contributed by atoms with Gasteiger partial charge in [-0.1, -0.05) is 41.6 Å². The molecule has 0 atom stereocenters. The summed E-state index contributed by atoms with van der Waals surface area (Å²) in [5.74, 6) is -0.840. The number of oxime groups is 1. The monoisotopic (exact) mass is 455 g/mol. The normalized spacial score (nSPS) is 14.2. The van der Waals surface area contributed by atoms with E-state index in [0.717, 1.165) is 11.1 Å². The van der Waals surface area contributed by atoms with Crippen LogP contribution in [0.5, 0.6) is 0 Å². The number of fused-ring (bicyclic) bond motifs is 1. The molecule has 0 aromatic heterocycles. The summed E-state index contributed by atoms with van der Waals surface area (Å²) in [7, 11) is 0. The van der Waals surface area contributed by atoms with E-state index in [0.29, 0.717) is 47.6 Å². The van der Waals surface area contributed by atoms with Crippen LogP contribution in [0.1, 0.15) is 51.6 Å². The van der Waals surface area contributed by atoms with E-state index in [9.17, 15) is 14.4 Å². The lowest BCUT2D eigenvalue weighted by molar-refractivity contribution is -0.140. The molecular weight excluding hydrogens is 430 g/mol. The third-order valence-corrected chi connectivity index (χ3v) is 5.61. The Labute approximate surface area is 198 Å². The number of nitrogens with one attached hydrogen (secondary N) is 1. The molecule has 172 valence electrons. The molecule has 0 bridgehead atoms. The third-order valence-electron chi connectivity index (χ3n) is 5.61. The Balaban J connectivity index is 1.54. The first kappa shape index (κ1) is 22.9. The highest BCUT2D eigenvalue weighted by atomic mass is 16.7. The van der Waals surface area contributed by atoms with Crippen molar-refractivity contribution in [3.8, 4) is 0 Å². The van der Waals surface area contributed by atoms with Crippen LogP contribution in [0.15, 0.2) is 78.0 Å². The van der Waals surface area contributed by atoms with Gasteiger partial charge in [0.1, 0.15) is 0 Å². The molecule has 0 unspecified atom stereocenters. The fraction of sp³-hybridized carbons (Fsp3) is 0.185. The predicted octanol–water partition coefficient (Wildman–Crippen LogP) is 4.96. The van der Waals surface area contributed by atoms with Gasteiger partial charge in [-0.05, 0) is 61.7 Å². The maximum atomic E-state index is 13.4. The van der Waals surface area contributed by atoms with Crippen molar-refractivity contribution >= 4 is 34.9 Å². The standard InChI is InChI=1S/C27H25N3O4/c1-18-8-3-4-9-22(18)26(32)28-21-15-13-20(14-16-21)27(33)30-17-7-11-24(29-34-19(2)31)23-10-5-6-12-25(23)30/h3-6,8-10,12-16H,7,11,17H2,1-2H3,(H,28,32). The van der Waals surface area contributed by atoms with Crippen LogP contribution in [-0.2, 0) is 9.63 Å². The Morgan fingerprint density at radius 1 is 0.941 bits per heavy atom. The molecule has 3 aromatic rings. The average molecular weight is 456 g/mol. The molecule has 0 aliphatic carbocycles. The number of rotatable bonds is 4. The molecule has 7 nitrogen and oxygen atoms in total. The van der Waals surface area contributed by atoms with Crippen molar-refractivity contribution in [2.24, 2.45) is 5.16 Å². The van der Waals surface area contributed by atoms with E-state index in [1.165, 1.54) is 6.92 Å². The summed E-state index contributed by atoms with van der Waals surface area (Å²) in [4.78, 5) is 43.8. The van der Waals surface area contributed by atoms with Crippen LogP contribution in [0.25, 0.3) is 0 Å². The number of nitrogens with zero attached hydrogens (tertiary/aromatic N) is 2. The predicted molar refractivity (Wildman–Crippen MR) is 131 cm³/mol. The van der Waals surface area contributed by atoms with Crippen molar-refractivity contribution in [2.75, 3.05) is 16.8 Å². The van der Waals surface area contributed by atoms with E-state index in [2.05, 4.69) is 10.5 Å². The van der Waals surface area contributed by atoms with Gasteiger partial charge in [-0.15, -0.1) is 0 Å². The first-order valence-corrected chi connectivity index (χ1v) is 11.1. The zero-order valence-electron chi connectivity index (χ0n) is 19.1. The first-order chi connectivity index (χ1) is 16.4. The molecular formula is C27H25N3O4. The number of hydrogen-bond acceptors (Lipinski definition) is 5. The van der Waals surface area contributed by atoms with Gasteiger partial charge in [0.15, 0.2) is 0 Å². The van der Waals surface area contributed by atoms with Crippen LogP contribution in [0.4, 0.5) is 11.4 Å². The van der Waals surface area contributed by atoms with E-state index < -0.39 is 5.97 Å². The van der Waals surface area contributed by atoms with Crippen LogP contribution < -0.4 is 10.2 Å². The number of amides is 2. The zero-order valence-corrected chi connectivity index (χ0v) is 19.1. The molecule has 34 heavy (non-hydrogen) atoms. The zero-order chi connectivity index (χ0) is 24.1. The maximum absolute atomic E-state index is 13.4. The summed E-state index contributed by atoms with van der Waals surface area (Å²) in [5, 5.41) is 6.89. The summed E-state index contributed by atoms with van der Waals surface area (Å²) in [5.41, 5.74) is 4.72. The van der Waals surface area contributed by atoms with Gasteiger partial charge < -0.3 is 15.1 Å². The number of hydrogen-bond donors (Lipinski definition) is 1. The summed E-state index contributed by atoms with van der Waals surface area (Å²) in [6.07, 6.45) is 1.25. The lowest BCUT2D eigenvalue weighted by atomic mass is 10.1. The fourth-order valence-corrected chi connectivity index (χ4v) is 3.92. The Morgan fingerprint density at radius 3 is 2.38 bits per heavy atom. The van der Waals surface area contributed by atoms with Crippen molar-refractivity contribution in [1.82, 2.24) is 0 Å². The first-order valence-electron chi connectivity index (χ1n) is 11.1. The highest BCUT2D eigenvalue weighted by Crippen LogP contribution is 2.28. The molecule has 0 saturated carbocycles. The second-order valence-electron chi connectivity index (χ2n) is 8.04. The smallest absolute Gasteiger partial charge is 0.322 e. The SMILES string of the molecule is CC(=O)ON=C1CCCN(C(=O)c2ccc(NC(=O)c3ccccc3C)cc2)c2ccccc21. The molecule has 0 saturated heterocycles. The van der Waals surface area contributed by atoms with E-state index in [1.54, 1.807) is 35.2 Å². The van der Waals surface area contributed by atoms with Gasteiger partial charge in [0, 0.05) is 35.8 Å². The molecule has 1 heterocycles. The molecule has 1 aliphatic heterocycles. The van der Waals surface area contributed by atoms with Gasteiger partial charge in [0.05, 0.1) is 11.4 Å². The Hall–Kier alpha value is -4.26. The number of benzene rings is 3. The largest absolute Gasteiger partial charge is 0.331 e. The van der Waals surface area contributed by atoms with E-state index in [1.807, 2.05) is 49.4 Å². The maximum Gasteiger partial charge on any atom is 0.331 e. The Bertz CT molecular complexity index is 1260. The second-order valence-corrected chi connectivity index (χ2v) is 8.04. The lowest BCUT2D eigenvalue weighted by Gasteiger charge is -2.23. The molecule has 7 heteroatoms. The van der Waals surface area contributed by atoms with Gasteiger partial charge in [0.25, 0.3) is 11.8 Å². The molecule has 1 N–H and O–H groups in total. The number of carbonyl (C=O) groups is 3. The van der Waals surface area contributed by atoms with E-state index in [4.69, 9.17) is 4.84 Å². The average Bonchev–Trinajstić information content (AvgIpc) is 3.02. The van der Waals surface area contributed by atoms with Gasteiger partial charge in [-0.3, -0.25) is 9.59 Å². The van der Waals surface area contributed by atoms with E-state index in [-0.39, 0.29) is 11.8 Å². The van der Waals surface area contributed by atoms with Gasteiger partial charge in [-0.2, -0.15) is 0 Å². The van der Waals surface area contributed by atoms with Gasteiger partial charge in [0.2, 0.25) is 0 Å². The van der Waals surface area contributed by atoms with Crippen molar-refractivity contribution < 1.29 is 19.2 Å². The van der Waals surface area contributed by atoms with Crippen molar-refractivity contribution in [3.63, 3.8) is 0 Å². The van der Waals surface area contributed by atoms with Crippen molar-refractivity contribution in [2.45, 2.75) is 26.7 Å². The molecule has 2 amide bonds. The summed E-state index contributed by atoms with van der Waals surface area (Å²) >= 11 is 0. The lowest BCUT2D eigenvalue weighted by Crippen LogP contribution is -2.31. The molecule has 0 fully saturated rings. The molecule has 4 rings (SSSR count). The third kappa shape index (κ3) is 5.04. The number of carbonyl (C=O) groups excluding carboxylic acids is 3. The van der Waals surface area contributed by atoms with Crippen LogP contribution in [0.2, 0.25) is 0 Å². The Morgan fingerprint density at radius 2 is 1.65 bits per heavy atom. The number of aryl methyl sites for hydroxylation is 1. The van der Waals surface area contributed by atoms with Gasteiger partial charge >= 0.3 is 5.97 Å². The highest BCUT2D eigenvalue weighted by molar-refractivity contribution is 6.13. The molecule has 3 aromatic carbocycles. The fourth-order valence-electron chi connectivity index (χ4n) is 3.92. The minimum Gasteiger partial charge on any atom is -0.322 e. The number of anilines is 2. The molecule has 0 radical (unpaired) electrons. The summed E-state index contributed by atoms with van der Waals surface area (Å²) in [6.45, 7) is 3.69. The van der Waals surface area contributed by atoms with Gasteiger partial charge in [-0.25, -0.2) is 4.79 Å². The highest BCUT2D eigenvalue weighted by Gasteiger charge is 2.25. The molecule has 1 aliphatic rings. The van der Waals surface area contributed by atoms with E-state index >= 15 is 0 Å². The van der Waals surface area contributed by atoms with Crippen LogP contribution >= 0.6 is 0 Å². The second kappa shape index (κ2) is 10.1. The topological polar surface area (TPSA) is 88.1 Å². The molecule has 0 spiro atoms. The Kier molecular flexibility index (Phi) is 6.82. The summed E-state index contributed by atoms with van der Waals surface area (Å²) < 4.78 is 0. The van der Waals surface area contributed by atoms with Crippen LogP contribution in [0, 0.1) is 6.92 Å². The van der Waals surface area contributed by atoms with Crippen molar-refractivity contribution in [3.05, 3.63) is 95.1 Å². The minimum atomic E-state index is -0.489. The minimum absolute atomic E-state index is 0.155. The number of para-hydroxylation sites is 1. The quantitative estimate of drug-likeness (QED) is 0.445. The van der Waals surface area contributed by atoms with Crippen molar-refractivity contribution in [1.29, 1.82) is 0 Å².